The number of carbonyl (C=O) groups is 1. The van der Waals surface area contributed by atoms with E-state index in [1.165, 1.54) is 0 Å². The van der Waals surface area contributed by atoms with E-state index in [4.69, 9.17) is 5.73 Å². The summed E-state index contributed by atoms with van der Waals surface area (Å²) in [4.78, 5) is 15.5. The third-order valence-electron chi connectivity index (χ3n) is 1.94. The number of rotatable bonds is 3. The van der Waals surface area contributed by atoms with Crippen molar-refractivity contribution in [2.45, 2.75) is 26.3 Å². The van der Waals surface area contributed by atoms with Crippen molar-refractivity contribution in [2.24, 2.45) is 5.73 Å². The van der Waals surface area contributed by atoms with Gasteiger partial charge in [-0.05, 0) is 25.0 Å². The van der Waals surface area contributed by atoms with Gasteiger partial charge in [0.1, 0.15) is 0 Å². The van der Waals surface area contributed by atoms with Crippen molar-refractivity contribution < 1.29 is 4.79 Å². The Morgan fingerprint density at radius 2 is 2.31 bits per heavy atom. The number of ketones is 1. The van der Waals surface area contributed by atoms with Gasteiger partial charge in [0.05, 0.1) is 6.04 Å². The number of aromatic nitrogens is 1. The van der Waals surface area contributed by atoms with Gasteiger partial charge in [-0.2, -0.15) is 0 Å². The summed E-state index contributed by atoms with van der Waals surface area (Å²) in [7, 11) is 0. The minimum atomic E-state index is -0.399. The molecule has 3 heteroatoms. The second-order valence-electron chi connectivity index (χ2n) is 3.13. The lowest BCUT2D eigenvalue weighted by Gasteiger charge is -2.06. The first kappa shape index (κ1) is 9.86. The van der Waals surface area contributed by atoms with Gasteiger partial charge >= 0.3 is 0 Å². The molecule has 0 bridgehead atoms. The largest absolute Gasteiger partial charge is 0.321 e. The van der Waals surface area contributed by atoms with E-state index >= 15 is 0 Å². The van der Waals surface area contributed by atoms with Crippen LogP contribution in [0.15, 0.2) is 18.5 Å². The van der Waals surface area contributed by atoms with Crippen LogP contribution in [0.3, 0.4) is 0 Å². The number of carbonyl (C=O) groups excluding carboxylic acids is 1. The van der Waals surface area contributed by atoms with Crippen LogP contribution in [0.25, 0.3) is 0 Å². The monoisotopic (exact) mass is 178 g/mol. The fraction of sp³-hybridized carbons (Fsp3) is 0.400. The molecule has 0 amide bonds. The average Bonchev–Trinajstić information content (AvgIpc) is 2.15. The molecule has 1 unspecified atom stereocenters. The number of aryl methyl sites for hydroxylation is 1. The van der Waals surface area contributed by atoms with Gasteiger partial charge < -0.3 is 5.73 Å². The number of nitrogens with two attached hydrogens (primary N) is 1. The molecule has 1 aromatic rings. The highest BCUT2D eigenvalue weighted by Crippen LogP contribution is 2.05. The summed E-state index contributed by atoms with van der Waals surface area (Å²) in [6.45, 7) is 3.80. The third kappa shape index (κ3) is 2.36. The molecule has 13 heavy (non-hydrogen) atoms. The Bertz CT molecular complexity index is 310. The fourth-order valence-electron chi connectivity index (χ4n) is 1.09. The van der Waals surface area contributed by atoms with E-state index < -0.39 is 6.04 Å². The first-order chi connectivity index (χ1) is 6.15. The number of pyridine rings is 1. The predicted molar refractivity (Wildman–Crippen MR) is 51.6 cm³/mol. The van der Waals surface area contributed by atoms with Crippen LogP contribution in [-0.4, -0.2) is 16.8 Å². The number of hydrogen-bond donors (Lipinski definition) is 1. The smallest absolute Gasteiger partial charge is 0.181 e. The maximum Gasteiger partial charge on any atom is 0.181 e. The highest BCUT2D eigenvalue weighted by Gasteiger charge is 2.13. The molecule has 1 rings (SSSR count). The zero-order valence-corrected chi connectivity index (χ0v) is 7.95. The SMILES string of the molecule is CCC(N)C(=O)c1cncc(C)c1. The Labute approximate surface area is 78.0 Å². The van der Waals surface area contributed by atoms with Crippen LogP contribution < -0.4 is 5.73 Å². The quantitative estimate of drug-likeness (QED) is 0.710. The molecule has 0 aliphatic rings. The molecule has 1 atom stereocenters. The van der Waals surface area contributed by atoms with Crippen molar-refractivity contribution in [1.29, 1.82) is 0 Å². The lowest BCUT2D eigenvalue weighted by Crippen LogP contribution is -2.29. The van der Waals surface area contributed by atoms with Gasteiger partial charge in [-0.1, -0.05) is 6.92 Å². The van der Waals surface area contributed by atoms with Gasteiger partial charge in [0.2, 0.25) is 0 Å². The van der Waals surface area contributed by atoms with Crippen molar-refractivity contribution >= 4 is 5.78 Å². The minimum absolute atomic E-state index is 0.0290. The summed E-state index contributed by atoms with van der Waals surface area (Å²) < 4.78 is 0. The van der Waals surface area contributed by atoms with Gasteiger partial charge in [0.15, 0.2) is 5.78 Å². The van der Waals surface area contributed by atoms with Crippen molar-refractivity contribution in [3.8, 4) is 0 Å². The summed E-state index contributed by atoms with van der Waals surface area (Å²) in [5.41, 5.74) is 7.21. The van der Waals surface area contributed by atoms with Crippen LogP contribution in [0.5, 0.6) is 0 Å². The van der Waals surface area contributed by atoms with E-state index in [2.05, 4.69) is 4.98 Å². The summed E-state index contributed by atoms with van der Waals surface area (Å²) in [5, 5.41) is 0. The maximum absolute atomic E-state index is 11.6. The molecule has 3 nitrogen and oxygen atoms in total. The molecule has 2 N–H and O–H groups in total. The molecule has 0 saturated heterocycles. The molecule has 0 aliphatic carbocycles. The number of Topliss-reactive ketones (excluding diaryl/α,β-unsaturated/α-hetero) is 1. The van der Waals surface area contributed by atoms with E-state index in [-0.39, 0.29) is 5.78 Å². The Hall–Kier alpha value is -1.22. The van der Waals surface area contributed by atoms with E-state index in [0.29, 0.717) is 12.0 Å². The molecular formula is C10H14N2O. The van der Waals surface area contributed by atoms with Gasteiger partial charge in [0.25, 0.3) is 0 Å². The summed E-state index contributed by atoms with van der Waals surface area (Å²) in [6, 6.07) is 1.41. The van der Waals surface area contributed by atoms with Gasteiger partial charge in [-0.3, -0.25) is 9.78 Å². The van der Waals surface area contributed by atoms with Crippen LogP contribution in [-0.2, 0) is 0 Å². The topological polar surface area (TPSA) is 56.0 Å². The molecule has 0 aromatic carbocycles. The minimum Gasteiger partial charge on any atom is -0.321 e. The average molecular weight is 178 g/mol. The number of hydrogen-bond acceptors (Lipinski definition) is 3. The second-order valence-corrected chi connectivity index (χ2v) is 3.13. The van der Waals surface area contributed by atoms with Gasteiger partial charge in [-0.25, -0.2) is 0 Å². The van der Waals surface area contributed by atoms with Crippen LogP contribution in [0, 0.1) is 6.92 Å². The van der Waals surface area contributed by atoms with Crippen molar-refractivity contribution in [2.75, 3.05) is 0 Å². The number of nitrogens with zero attached hydrogens (tertiary/aromatic N) is 1. The van der Waals surface area contributed by atoms with Crippen molar-refractivity contribution in [3.05, 3.63) is 29.6 Å². The third-order valence-corrected chi connectivity index (χ3v) is 1.94. The lowest BCUT2D eigenvalue weighted by atomic mass is 10.0. The first-order valence-corrected chi connectivity index (χ1v) is 4.36. The van der Waals surface area contributed by atoms with Gasteiger partial charge in [-0.15, -0.1) is 0 Å². The molecule has 1 aromatic heterocycles. The van der Waals surface area contributed by atoms with Crippen LogP contribution >= 0.6 is 0 Å². The van der Waals surface area contributed by atoms with Crippen LogP contribution in [0.4, 0.5) is 0 Å². The molecule has 0 spiro atoms. The van der Waals surface area contributed by atoms with Crippen LogP contribution in [0.1, 0.15) is 29.3 Å². The second kappa shape index (κ2) is 4.14. The Kier molecular flexibility index (Phi) is 3.14. The first-order valence-electron chi connectivity index (χ1n) is 4.36. The summed E-state index contributed by atoms with van der Waals surface area (Å²) >= 11 is 0. The van der Waals surface area contributed by atoms with E-state index in [1.54, 1.807) is 12.4 Å². The summed E-state index contributed by atoms with van der Waals surface area (Å²) in [5.74, 6) is -0.0290. The Morgan fingerprint density at radius 1 is 1.62 bits per heavy atom. The Balaban J connectivity index is 2.89. The molecular weight excluding hydrogens is 164 g/mol. The highest BCUT2D eigenvalue weighted by atomic mass is 16.1. The van der Waals surface area contributed by atoms with Gasteiger partial charge in [0, 0.05) is 18.0 Å². The normalized spacial score (nSPS) is 12.5. The molecule has 0 radical (unpaired) electrons. The molecule has 0 saturated carbocycles. The predicted octanol–water partition coefficient (Wildman–Crippen LogP) is 1.31. The fourth-order valence-corrected chi connectivity index (χ4v) is 1.09. The maximum atomic E-state index is 11.6. The molecule has 70 valence electrons. The van der Waals surface area contributed by atoms with E-state index in [9.17, 15) is 4.79 Å². The zero-order valence-electron chi connectivity index (χ0n) is 7.95. The highest BCUT2D eigenvalue weighted by molar-refractivity contribution is 5.99. The van der Waals surface area contributed by atoms with E-state index in [0.717, 1.165) is 5.56 Å². The molecule has 0 aliphatic heterocycles. The van der Waals surface area contributed by atoms with Crippen molar-refractivity contribution in [3.63, 3.8) is 0 Å². The van der Waals surface area contributed by atoms with Crippen LogP contribution in [0.2, 0.25) is 0 Å². The van der Waals surface area contributed by atoms with E-state index in [1.807, 2.05) is 19.9 Å². The lowest BCUT2D eigenvalue weighted by molar-refractivity contribution is 0.0959. The van der Waals surface area contributed by atoms with Crippen molar-refractivity contribution in [1.82, 2.24) is 4.98 Å². The molecule has 0 fully saturated rings. The molecule has 1 heterocycles. The Morgan fingerprint density at radius 3 is 2.85 bits per heavy atom. The standard InChI is InChI=1S/C10H14N2O/c1-3-9(11)10(13)8-4-7(2)5-12-6-8/h4-6,9H,3,11H2,1-2H3. The zero-order chi connectivity index (χ0) is 9.84. The summed E-state index contributed by atoms with van der Waals surface area (Å²) in [6.07, 6.45) is 3.94.